The molecule has 2 rings (SSSR count). The van der Waals surface area contributed by atoms with Crippen molar-refractivity contribution in [3.05, 3.63) is 48.5 Å². The fourth-order valence-electron chi connectivity index (χ4n) is 2.66. The Kier molecular flexibility index (Phi) is 9.20. The van der Waals surface area contributed by atoms with E-state index in [-0.39, 0.29) is 19.4 Å². The summed E-state index contributed by atoms with van der Waals surface area (Å²) in [6.07, 6.45) is -0.923. The Morgan fingerprint density at radius 3 is 2.41 bits per heavy atom. The maximum Gasteiger partial charge on any atom is 0.306 e. The summed E-state index contributed by atoms with van der Waals surface area (Å²) in [5, 5.41) is 8.68. The van der Waals surface area contributed by atoms with Crippen molar-refractivity contribution in [2.24, 2.45) is 0 Å². The summed E-state index contributed by atoms with van der Waals surface area (Å²) >= 11 is 2.09. The van der Waals surface area contributed by atoms with E-state index in [1.165, 1.54) is 0 Å². The van der Waals surface area contributed by atoms with E-state index in [1.807, 2.05) is 58.7 Å². The van der Waals surface area contributed by atoms with Crippen LogP contribution in [0.4, 0.5) is 0 Å². The molecule has 0 saturated carbocycles. The number of halogens is 1. The number of nitrogens with zero attached hydrogens (tertiary/aromatic N) is 1. The Labute approximate surface area is 184 Å². The van der Waals surface area contributed by atoms with Gasteiger partial charge in [-0.05, 0) is 30.8 Å². The normalized spacial score (nSPS) is 11.7. The molecule has 1 atom stereocenters. The summed E-state index contributed by atoms with van der Waals surface area (Å²) in [4.78, 5) is 22.4. The molecule has 0 heterocycles. The number of carbonyl (C=O) groups excluding carboxylic acids is 1. The van der Waals surface area contributed by atoms with Crippen molar-refractivity contribution in [2.75, 3.05) is 27.3 Å². The van der Waals surface area contributed by atoms with Gasteiger partial charge in [-0.3, -0.25) is 9.59 Å². The lowest BCUT2D eigenvalue weighted by atomic mass is 10.0. The Morgan fingerprint density at radius 2 is 1.79 bits per heavy atom. The second-order valence-corrected chi connectivity index (χ2v) is 7.98. The van der Waals surface area contributed by atoms with Gasteiger partial charge in [-0.25, -0.2) is 3.11 Å². The zero-order valence-electron chi connectivity index (χ0n) is 16.3. The van der Waals surface area contributed by atoms with Crippen LogP contribution in [-0.2, 0) is 14.3 Å². The standard InChI is InChI=1S/C21H24INO6/c1-23(22)13-17(29-21(26)12-11-20(24)25)14-28-16-9-7-15(8-10-16)18-5-3-4-6-19(18)27-2/h3-10,17H,11-14H2,1-2H3,(H,24,25). The van der Waals surface area contributed by atoms with Crippen LogP contribution in [0.15, 0.2) is 48.5 Å². The van der Waals surface area contributed by atoms with Crippen molar-refractivity contribution in [1.29, 1.82) is 0 Å². The van der Waals surface area contributed by atoms with E-state index in [0.29, 0.717) is 12.3 Å². The molecule has 1 N–H and O–H groups in total. The fourth-order valence-corrected chi connectivity index (χ4v) is 3.10. The number of carboxylic acid groups (broad SMARTS) is 1. The Bertz CT molecular complexity index is 809. The number of methoxy groups -OCH3 is 1. The number of benzene rings is 2. The second kappa shape index (κ2) is 11.6. The lowest BCUT2D eigenvalue weighted by Crippen LogP contribution is -2.33. The van der Waals surface area contributed by atoms with E-state index < -0.39 is 18.0 Å². The third-order valence-corrected chi connectivity index (χ3v) is 4.40. The third kappa shape index (κ3) is 7.90. The van der Waals surface area contributed by atoms with Crippen LogP contribution in [0.25, 0.3) is 11.1 Å². The quantitative estimate of drug-likeness (QED) is 0.278. The van der Waals surface area contributed by atoms with Gasteiger partial charge in [0.1, 0.15) is 24.2 Å². The van der Waals surface area contributed by atoms with E-state index >= 15 is 0 Å². The number of hydrogen-bond donors (Lipinski definition) is 1. The molecule has 0 saturated heterocycles. The largest absolute Gasteiger partial charge is 0.496 e. The van der Waals surface area contributed by atoms with Gasteiger partial charge < -0.3 is 19.3 Å². The van der Waals surface area contributed by atoms with Crippen LogP contribution in [0.2, 0.25) is 0 Å². The van der Waals surface area contributed by atoms with Crippen LogP contribution < -0.4 is 9.47 Å². The number of para-hydroxylation sites is 1. The molecule has 0 fully saturated rings. The molecule has 0 aliphatic heterocycles. The highest BCUT2D eigenvalue weighted by Crippen LogP contribution is 2.30. The molecule has 1 unspecified atom stereocenters. The van der Waals surface area contributed by atoms with Gasteiger partial charge in [0.25, 0.3) is 0 Å². The molecular weight excluding hydrogens is 489 g/mol. The molecule has 0 aromatic heterocycles. The topological polar surface area (TPSA) is 85.3 Å². The molecule has 0 bridgehead atoms. The van der Waals surface area contributed by atoms with Crippen LogP contribution in [0, 0.1) is 0 Å². The molecular formula is C21H24INO6. The maximum absolute atomic E-state index is 11.8. The van der Waals surface area contributed by atoms with Crippen molar-refractivity contribution in [1.82, 2.24) is 3.11 Å². The van der Waals surface area contributed by atoms with Crippen molar-refractivity contribution < 1.29 is 28.9 Å². The third-order valence-electron chi connectivity index (χ3n) is 4.00. The van der Waals surface area contributed by atoms with Gasteiger partial charge in [-0.2, -0.15) is 0 Å². The minimum absolute atomic E-state index is 0.162. The molecule has 0 spiro atoms. The van der Waals surface area contributed by atoms with Gasteiger partial charge in [0.2, 0.25) is 0 Å². The van der Waals surface area contributed by atoms with Crippen molar-refractivity contribution in [3.63, 3.8) is 0 Å². The molecule has 156 valence electrons. The number of carbonyl (C=O) groups is 2. The van der Waals surface area contributed by atoms with E-state index in [2.05, 4.69) is 22.9 Å². The number of aliphatic carboxylic acids is 1. The zero-order valence-corrected chi connectivity index (χ0v) is 18.5. The number of likely N-dealkylation sites (N-methyl/N-ethyl adjacent to an activating group) is 1. The Morgan fingerprint density at radius 1 is 1.10 bits per heavy atom. The van der Waals surface area contributed by atoms with E-state index in [0.717, 1.165) is 16.9 Å². The Hall–Kier alpha value is -2.33. The number of carboxylic acids is 1. The smallest absolute Gasteiger partial charge is 0.306 e. The van der Waals surface area contributed by atoms with Crippen LogP contribution in [0.5, 0.6) is 11.5 Å². The zero-order chi connectivity index (χ0) is 21.2. The molecule has 0 amide bonds. The van der Waals surface area contributed by atoms with Crippen molar-refractivity contribution in [3.8, 4) is 22.6 Å². The van der Waals surface area contributed by atoms with Gasteiger partial charge >= 0.3 is 11.9 Å². The fraction of sp³-hybridized carbons (Fsp3) is 0.333. The van der Waals surface area contributed by atoms with E-state index in [1.54, 1.807) is 7.11 Å². The molecule has 8 heteroatoms. The summed E-state index contributed by atoms with van der Waals surface area (Å²) in [6.45, 7) is 0.624. The highest BCUT2D eigenvalue weighted by atomic mass is 127. The van der Waals surface area contributed by atoms with E-state index in [9.17, 15) is 9.59 Å². The highest BCUT2D eigenvalue weighted by Gasteiger charge is 2.18. The van der Waals surface area contributed by atoms with Gasteiger partial charge in [0, 0.05) is 35.0 Å². The predicted octanol–water partition coefficient (Wildman–Crippen LogP) is 3.80. The van der Waals surface area contributed by atoms with Gasteiger partial charge in [-0.15, -0.1) is 0 Å². The second-order valence-electron chi connectivity index (χ2n) is 6.33. The molecule has 0 aliphatic carbocycles. The summed E-state index contributed by atoms with van der Waals surface area (Å²) in [6, 6.07) is 15.3. The predicted molar refractivity (Wildman–Crippen MR) is 117 cm³/mol. The first kappa shape index (κ1) is 23.0. The monoisotopic (exact) mass is 513 g/mol. The lowest BCUT2D eigenvalue weighted by molar-refractivity contribution is -0.153. The molecule has 0 aliphatic rings. The van der Waals surface area contributed by atoms with Crippen molar-refractivity contribution in [2.45, 2.75) is 18.9 Å². The van der Waals surface area contributed by atoms with Crippen LogP contribution >= 0.6 is 22.9 Å². The minimum atomic E-state index is -1.03. The molecule has 7 nitrogen and oxygen atoms in total. The lowest BCUT2D eigenvalue weighted by Gasteiger charge is -2.21. The first-order chi connectivity index (χ1) is 13.9. The molecule has 2 aromatic carbocycles. The molecule has 0 radical (unpaired) electrons. The number of hydrogen-bond acceptors (Lipinski definition) is 6. The van der Waals surface area contributed by atoms with Gasteiger partial charge in [0.05, 0.1) is 20.0 Å². The number of rotatable bonds is 11. The minimum Gasteiger partial charge on any atom is -0.496 e. The van der Waals surface area contributed by atoms with Crippen LogP contribution in [0.1, 0.15) is 12.8 Å². The first-order valence-corrected chi connectivity index (χ1v) is 10.00. The number of ether oxygens (including phenoxy) is 3. The summed E-state index contributed by atoms with van der Waals surface area (Å²) in [5.74, 6) is -0.146. The SMILES string of the molecule is COc1ccccc1-c1ccc(OCC(CN(C)I)OC(=O)CCC(=O)O)cc1. The average molecular weight is 513 g/mol. The Balaban J connectivity index is 1.97. The summed E-state index contributed by atoms with van der Waals surface area (Å²) < 4.78 is 18.4. The average Bonchev–Trinajstić information content (AvgIpc) is 2.70. The summed E-state index contributed by atoms with van der Waals surface area (Å²) in [5.41, 5.74) is 1.98. The van der Waals surface area contributed by atoms with Crippen LogP contribution in [-0.4, -0.2) is 53.6 Å². The molecule has 2 aromatic rings. The summed E-state index contributed by atoms with van der Waals surface area (Å²) in [7, 11) is 3.49. The van der Waals surface area contributed by atoms with E-state index in [4.69, 9.17) is 19.3 Å². The van der Waals surface area contributed by atoms with Gasteiger partial charge in [-0.1, -0.05) is 30.3 Å². The van der Waals surface area contributed by atoms with Gasteiger partial charge in [0.15, 0.2) is 0 Å². The van der Waals surface area contributed by atoms with Crippen molar-refractivity contribution >= 4 is 34.8 Å². The number of esters is 1. The highest BCUT2D eigenvalue weighted by molar-refractivity contribution is 14.1. The first-order valence-electron chi connectivity index (χ1n) is 9.03. The maximum atomic E-state index is 11.8. The molecule has 29 heavy (non-hydrogen) atoms. The van der Waals surface area contributed by atoms with Crippen LogP contribution in [0.3, 0.4) is 0 Å².